The lowest BCUT2D eigenvalue weighted by Gasteiger charge is -2.22. The number of hydrogen-bond donors (Lipinski definition) is 1. The number of hydrogen-bond acceptors (Lipinski definition) is 3. The first-order valence-corrected chi connectivity index (χ1v) is 7.93. The first-order valence-electron chi connectivity index (χ1n) is 7.14. The number of fused-ring (bicyclic) bond motifs is 1. The maximum Gasteiger partial charge on any atom is 0.144 e. The lowest BCUT2D eigenvalue weighted by atomic mass is 9.86. The van der Waals surface area contributed by atoms with Crippen molar-refractivity contribution in [3.05, 3.63) is 45.6 Å². The summed E-state index contributed by atoms with van der Waals surface area (Å²) >= 11 is 3.47. The number of nitriles is 1. The van der Waals surface area contributed by atoms with E-state index < -0.39 is 0 Å². The Morgan fingerprint density at radius 1 is 1.19 bits per heavy atom. The molecule has 3 nitrogen and oxygen atoms in total. The number of halogens is 1. The molecule has 0 amide bonds. The second-order valence-electron chi connectivity index (χ2n) is 5.21. The number of benzene rings is 1. The van der Waals surface area contributed by atoms with E-state index in [1.165, 1.54) is 18.4 Å². The zero-order valence-corrected chi connectivity index (χ0v) is 13.5. The molecule has 0 unspecified atom stereocenters. The quantitative estimate of drug-likeness (QED) is 0.885. The molecule has 4 heteroatoms. The van der Waals surface area contributed by atoms with E-state index in [4.69, 9.17) is 0 Å². The van der Waals surface area contributed by atoms with Crippen LogP contribution < -0.4 is 5.32 Å². The Bertz CT molecular complexity index is 714. The molecule has 2 aromatic rings. The van der Waals surface area contributed by atoms with Gasteiger partial charge in [-0.1, -0.05) is 28.1 Å². The van der Waals surface area contributed by atoms with Crippen LogP contribution in [-0.2, 0) is 12.8 Å². The molecule has 0 aliphatic heterocycles. The Balaban J connectivity index is 2.30. The molecule has 21 heavy (non-hydrogen) atoms. The summed E-state index contributed by atoms with van der Waals surface area (Å²) in [6.07, 6.45) is 4.35. The number of anilines is 1. The average molecular weight is 342 g/mol. The number of nitrogens with zero attached hydrogens (tertiary/aromatic N) is 2. The van der Waals surface area contributed by atoms with Crippen LogP contribution in [0.3, 0.4) is 0 Å². The van der Waals surface area contributed by atoms with E-state index in [0.29, 0.717) is 11.4 Å². The van der Waals surface area contributed by atoms with Gasteiger partial charge in [-0.05, 0) is 48.9 Å². The van der Waals surface area contributed by atoms with Gasteiger partial charge in [0, 0.05) is 22.8 Å². The van der Waals surface area contributed by atoms with Crippen molar-refractivity contribution in [1.82, 2.24) is 4.98 Å². The van der Waals surface area contributed by atoms with Crippen molar-refractivity contribution in [2.75, 3.05) is 12.4 Å². The third kappa shape index (κ3) is 2.54. The Morgan fingerprint density at radius 2 is 1.90 bits per heavy atom. The van der Waals surface area contributed by atoms with E-state index in [1.807, 2.05) is 19.2 Å². The van der Waals surface area contributed by atoms with E-state index in [9.17, 15) is 5.26 Å². The predicted octanol–water partition coefficient (Wildman–Crippen LogP) is 4.30. The van der Waals surface area contributed by atoms with Gasteiger partial charge in [0.05, 0.1) is 0 Å². The summed E-state index contributed by atoms with van der Waals surface area (Å²) in [5.41, 5.74) is 5.19. The largest absolute Gasteiger partial charge is 0.372 e. The summed E-state index contributed by atoms with van der Waals surface area (Å²) in [5.74, 6) is 0.691. The van der Waals surface area contributed by atoms with Crippen molar-refractivity contribution in [2.45, 2.75) is 25.7 Å². The third-order valence-electron chi connectivity index (χ3n) is 3.96. The second-order valence-corrected chi connectivity index (χ2v) is 6.13. The molecule has 1 aromatic carbocycles. The molecule has 0 spiro atoms. The fraction of sp³-hybridized carbons (Fsp3) is 0.294. The highest BCUT2D eigenvalue weighted by Gasteiger charge is 2.22. The normalized spacial score (nSPS) is 13.4. The maximum atomic E-state index is 9.61. The molecular weight excluding hydrogens is 326 g/mol. The molecule has 1 N–H and O–H groups in total. The van der Waals surface area contributed by atoms with Crippen molar-refractivity contribution in [2.24, 2.45) is 0 Å². The van der Waals surface area contributed by atoms with Crippen molar-refractivity contribution in [1.29, 1.82) is 5.26 Å². The van der Waals surface area contributed by atoms with Crippen molar-refractivity contribution in [3.63, 3.8) is 0 Å². The van der Waals surface area contributed by atoms with Crippen LogP contribution in [0.15, 0.2) is 28.7 Å². The molecule has 106 valence electrons. The number of nitrogens with one attached hydrogen (secondary N) is 1. The van der Waals surface area contributed by atoms with Gasteiger partial charge in [-0.3, -0.25) is 0 Å². The highest BCUT2D eigenvalue weighted by molar-refractivity contribution is 9.10. The first kappa shape index (κ1) is 14.1. The van der Waals surface area contributed by atoms with Crippen LogP contribution in [0.1, 0.15) is 29.7 Å². The Hall–Kier alpha value is -1.86. The van der Waals surface area contributed by atoms with Crippen molar-refractivity contribution >= 4 is 21.7 Å². The van der Waals surface area contributed by atoms with Gasteiger partial charge in [0.1, 0.15) is 17.5 Å². The summed E-state index contributed by atoms with van der Waals surface area (Å²) < 4.78 is 1.04. The molecular formula is C17H16BrN3. The minimum atomic E-state index is 0.653. The molecule has 1 aliphatic carbocycles. The first-order chi connectivity index (χ1) is 10.2. The highest BCUT2D eigenvalue weighted by Crippen LogP contribution is 2.36. The van der Waals surface area contributed by atoms with E-state index in [0.717, 1.165) is 34.1 Å². The summed E-state index contributed by atoms with van der Waals surface area (Å²) in [7, 11) is 1.82. The molecule has 1 heterocycles. The Morgan fingerprint density at radius 3 is 2.57 bits per heavy atom. The predicted molar refractivity (Wildman–Crippen MR) is 88.3 cm³/mol. The standard InChI is InChI=1S/C17H16BrN3/c1-20-17-14(10-19)16(11-6-8-12(18)9-7-11)13-4-2-3-5-15(13)21-17/h6-9H,2-5H2,1H3,(H,20,21). The van der Waals surface area contributed by atoms with Crippen molar-refractivity contribution in [3.8, 4) is 17.2 Å². The van der Waals surface area contributed by atoms with Gasteiger partial charge in [0.25, 0.3) is 0 Å². The van der Waals surface area contributed by atoms with Crippen LogP contribution >= 0.6 is 15.9 Å². The fourth-order valence-corrected chi connectivity index (χ4v) is 3.23. The van der Waals surface area contributed by atoms with Crippen LogP contribution in [0.5, 0.6) is 0 Å². The molecule has 0 saturated heterocycles. The lowest BCUT2D eigenvalue weighted by molar-refractivity contribution is 0.669. The molecule has 1 aliphatic rings. The second kappa shape index (κ2) is 5.87. The molecule has 0 radical (unpaired) electrons. The monoisotopic (exact) mass is 341 g/mol. The third-order valence-corrected chi connectivity index (χ3v) is 4.48. The van der Waals surface area contributed by atoms with Gasteiger partial charge >= 0.3 is 0 Å². The van der Waals surface area contributed by atoms with Crippen LogP contribution in [0.2, 0.25) is 0 Å². The van der Waals surface area contributed by atoms with Gasteiger partial charge in [-0.2, -0.15) is 5.26 Å². The minimum Gasteiger partial charge on any atom is -0.372 e. The molecule has 0 atom stereocenters. The van der Waals surface area contributed by atoms with E-state index in [-0.39, 0.29) is 0 Å². The zero-order chi connectivity index (χ0) is 14.8. The minimum absolute atomic E-state index is 0.653. The van der Waals surface area contributed by atoms with Gasteiger partial charge in [0.15, 0.2) is 0 Å². The van der Waals surface area contributed by atoms with Crippen LogP contribution in [0, 0.1) is 11.3 Å². The van der Waals surface area contributed by atoms with Crippen LogP contribution in [0.4, 0.5) is 5.82 Å². The molecule has 0 fully saturated rings. The zero-order valence-electron chi connectivity index (χ0n) is 11.9. The van der Waals surface area contributed by atoms with Gasteiger partial charge in [-0.15, -0.1) is 0 Å². The number of aromatic nitrogens is 1. The lowest BCUT2D eigenvalue weighted by Crippen LogP contribution is -2.11. The Kier molecular flexibility index (Phi) is 3.94. The molecule has 1 aromatic heterocycles. The van der Waals surface area contributed by atoms with Crippen LogP contribution in [-0.4, -0.2) is 12.0 Å². The van der Waals surface area contributed by atoms with Gasteiger partial charge in [0.2, 0.25) is 0 Å². The molecule has 3 rings (SSSR count). The van der Waals surface area contributed by atoms with E-state index >= 15 is 0 Å². The van der Waals surface area contributed by atoms with E-state index in [2.05, 4.69) is 44.4 Å². The summed E-state index contributed by atoms with van der Waals surface area (Å²) in [6, 6.07) is 10.5. The molecule has 0 saturated carbocycles. The number of pyridine rings is 1. The maximum absolute atomic E-state index is 9.61. The topological polar surface area (TPSA) is 48.7 Å². The summed E-state index contributed by atoms with van der Waals surface area (Å²) in [5, 5.41) is 12.7. The smallest absolute Gasteiger partial charge is 0.144 e. The fourth-order valence-electron chi connectivity index (χ4n) is 2.97. The number of rotatable bonds is 2. The SMILES string of the molecule is CNc1nc2c(c(-c3ccc(Br)cc3)c1C#N)CCCC2. The highest BCUT2D eigenvalue weighted by atomic mass is 79.9. The molecule has 0 bridgehead atoms. The number of aryl methyl sites for hydroxylation is 1. The van der Waals surface area contributed by atoms with Crippen molar-refractivity contribution < 1.29 is 0 Å². The summed E-state index contributed by atoms with van der Waals surface area (Å²) in [6.45, 7) is 0. The summed E-state index contributed by atoms with van der Waals surface area (Å²) in [4.78, 5) is 4.66. The Labute approximate surface area is 133 Å². The van der Waals surface area contributed by atoms with E-state index in [1.54, 1.807) is 0 Å². The van der Waals surface area contributed by atoms with Gasteiger partial charge in [-0.25, -0.2) is 4.98 Å². The van der Waals surface area contributed by atoms with Gasteiger partial charge < -0.3 is 5.32 Å². The average Bonchev–Trinajstić information content (AvgIpc) is 2.53. The van der Waals surface area contributed by atoms with Crippen LogP contribution in [0.25, 0.3) is 11.1 Å².